The lowest BCUT2D eigenvalue weighted by Gasteiger charge is -2.45. The van der Waals surface area contributed by atoms with E-state index in [0.717, 1.165) is 20.7 Å². The van der Waals surface area contributed by atoms with E-state index in [1.54, 1.807) is 21.8 Å². The third-order valence-electron chi connectivity index (χ3n) is 14.8. The van der Waals surface area contributed by atoms with Crippen molar-refractivity contribution in [2.75, 3.05) is 30.8 Å². The second kappa shape index (κ2) is 22.4. The van der Waals surface area contributed by atoms with Gasteiger partial charge in [-0.05, 0) is 48.5 Å². The highest BCUT2D eigenvalue weighted by Gasteiger charge is 2.55. The molecule has 0 aliphatic carbocycles. The fraction of sp³-hybridized carbons (Fsp3) is 0.393. The predicted molar refractivity (Wildman–Crippen MR) is 312 cm³/mol. The van der Waals surface area contributed by atoms with Crippen LogP contribution in [0, 0.1) is 5.92 Å². The van der Waals surface area contributed by atoms with Crippen LogP contribution in [-0.4, -0.2) is 105 Å². The van der Waals surface area contributed by atoms with E-state index in [1.807, 2.05) is 72.8 Å². The van der Waals surface area contributed by atoms with Crippen LogP contribution in [0.4, 0.5) is 11.8 Å². The lowest BCUT2D eigenvalue weighted by molar-refractivity contribution is -0.0478. The molecule has 22 heteroatoms. The number of imidazole rings is 2. The van der Waals surface area contributed by atoms with E-state index in [-0.39, 0.29) is 41.6 Å². The number of nitrogens with two attached hydrogens (primary N) is 1. The SMILES string of the molecule is CC(C)CNc1nc2c(ncn2[C@H]2C[C@H](O[Si](c3ccccc3)(c3ccccc3)C(C)(C)C)[C@@H](CO[P@](O)(=S)O[C@H]3C[C@H](n4cnc5c(N)ncnc54)O[C@@H]3CO[Si](c3ccccc3)(c3ccccc3)C(C)(C)C)O2)c(=O)[nH]1. The molecule has 0 spiro atoms. The molecule has 4 aromatic carbocycles. The van der Waals surface area contributed by atoms with Crippen LogP contribution in [0.15, 0.2) is 145 Å². The summed E-state index contributed by atoms with van der Waals surface area (Å²) in [5, 5.41) is 6.84. The maximum atomic E-state index is 13.4. The fourth-order valence-corrected chi connectivity index (χ4v) is 21.9. The van der Waals surface area contributed by atoms with Gasteiger partial charge in [0.25, 0.3) is 22.2 Å². The molecule has 410 valence electrons. The van der Waals surface area contributed by atoms with Gasteiger partial charge in [-0.25, -0.2) is 19.9 Å². The molecule has 6 heterocycles. The Kier molecular flexibility index (Phi) is 15.9. The summed E-state index contributed by atoms with van der Waals surface area (Å²) in [7, 11) is -6.32. The number of nitrogens with one attached hydrogen (secondary N) is 2. The molecule has 0 radical (unpaired) electrons. The van der Waals surface area contributed by atoms with E-state index in [9.17, 15) is 9.69 Å². The fourth-order valence-electron chi connectivity index (χ4n) is 11.1. The Hall–Kier alpha value is -5.82. The molecule has 2 fully saturated rings. The van der Waals surface area contributed by atoms with Crippen LogP contribution >= 0.6 is 6.72 Å². The van der Waals surface area contributed by atoms with E-state index in [1.165, 1.54) is 6.33 Å². The Bertz CT molecular complexity index is 3360. The Balaban J connectivity index is 0.987. The number of nitrogens with zero attached hydrogens (tertiary/aromatic N) is 7. The van der Waals surface area contributed by atoms with Gasteiger partial charge in [0.2, 0.25) is 5.95 Å². The smallest absolute Gasteiger partial charge is 0.324 e. The number of nitrogen functional groups attached to an aromatic ring is 1. The van der Waals surface area contributed by atoms with Gasteiger partial charge in [0.1, 0.15) is 36.5 Å². The van der Waals surface area contributed by atoms with Crippen molar-refractivity contribution < 1.29 is 32.3 Å². The summed E-state index contributed by atoms with van der Waals surface area (Å²) in [5.41, 5.74) is 7.29. The van der Waals surface area contributed by atoms with E-state index in [2.05, 4.69) is 134 Å². The molecule has 0 saturated carbocycles. The minimum atomic E-state index is -4.15. The Morgan fingerprint density at radius 1 is 0.718 bits per heavy atom. The van der Waals surface area contributed by atoms with E-state index in [0.29, 0.717) is 41.6 Å². The van der Waals surface area contributed by atoms with Crippen LogP contribution in [0.1, 0.15) is 80.7 Å². The second-order valence-corrected chi connectivity index (χ2v) is 33.9. The summed E-state index contributed by atoms with van der Waals surface area (Å²) in [6, 6.07) is 41.4. The van der Waals surface area contributed by atoms with Crippen molar-refractivity contribution in [3.8, 4) is 0 Å². The lowest BCUT2D eigenvalue weighted by Crippen LogP contribution is -2.68. The Morgan fingerprint density at radius 2 is 1.21 bits per heavy atom. The van der Waals surface area contributed by atoms with Crippen molar-refractivity contribution in [2.45, 2.75) is 115 Å². The standard InChI is InChI=1S/C56H69N10O8PSSi2/c1-37(2)31-58-54-63-52-49(53(67)64-54)62-36-66(52)47-30-43(74-78(56(6,7)8,40-25-17-11-18-26-40)41-27-19-12-20-28-41)44(71-47)32-69-75(68,76)73-42-29-46(65-35-61-48-50(57)59-34-60-51(48)65)72-45(42)33-70-77(55(3,4)5,38-21-13-9-14-22-38)39-23-15-10-16-24-39/h9-28,34-37,42-47H,29-33H2,1-8H3,(H,68,76)(H2,57,59,60)(H2,58,63,64,67)/t42-,43-,44+,45+,46+,47+,75-/m0/s1. The molecule has 5 N–H and O–H groups in total. The third-order valence-corrected chi connectivity index (χ3v) is 26.4. The molecule has 7 atom stereocenters. The number of aromatic amines is 1. The highest BCUT2D eigenvalue weighted by Crippen LogP contribution is 2.51. The highest BCUT2D eigenvalue weighted by molar-refractivity contribution is 8.07. The zero-order chi connectivity index (χ0) is 55.0. The van der Waals surface area contributed by atoms with Gasteiger partial charge in [-0.3, -0.25) is 18.9 Å². The maximum absolute atomic E-state index is 13.4. The van der Waals surface area contributed by atoms with Crippen molar-refractivity contribution in [2.24, 2.45) is 5.92 Å². The van der Waals surface area contributed by atoms with Gasteiger partial charge in [-0.2, -0.15) is 4.98 Å². The van der Waals surface area contributed by atoms with E-state index >= 15 is 0 Å². The number of rotatable bonds is 19. The monoisotopic (exact) mass is 1130 g/mol. The van der Waals surface area contributed by atoms with Gasteiger partial charge in [0, 0.05) is 19.4 Å². The molecule has 10 rings (SSSR count). The molecule has 18 nitrogen and oxygen atoms in total. The van der Waals surface area contributed by atoms with Gasteiger partial charge in [-0.15, -0.1) is 0 Å². The quantitative estimate of drug-likeness (QED) is 0.0460. The van der Waals surface area contributed by atoms with Gasteiger partial charge in [0.05, 0.1) is 38.1 Å². The zero-order valence-electron chi connectivity index (χ0n) is 45.2. The second-order valence-electron chi connectivity index (χ2n) is 22.5. The van der Waals surface area contributed by atoms with Crippen molar-refractivity contribution in [3.63, 3.8) is 0 Å². The molecule has 78 heavy (non-hydrogen) atoms. The third kappa shape index (κ3) is 10.9. The molecular formula is C56H69N10O8PSSi2. The van der Waals surface area contributed by atoms with Crippen molar-refractivity contribution in [3.05, 3.63) is 151 Å². The minimum absolute atomic E-state index is 0.0831. The van der Waals surface area contributed by atoms with Gasteiger partial charge in [-0.1, -0.05) is 177 Å². The molecule has 4 aromatic heterocycles. The first-order valence-corrected chi connectivity index (χ1v) is 32.8. The molecule has 0 amide bonds. The minimum Gasteiger partial charge on any atom is -0.405 e. The summed E-state index contributed by atoms with van der Waals surface area (Å²) in [6.07, 6.45) is 0.695. The van der Waals surface area contributed by atoms with Crippen LogP contribution in [0.25, 0.3) is 22.3 Å². The van der Waals surface area contributed by atoms with Crippen LogP contribution < -0.4 is 37.4 Å². The largest absolute Gasteiger partial charge is 0.405 e. The number of H-pyrrole nitrogens is 1. The number of benzene rings is 4. The van der Waals surface area contributed by atoms with Gasteiger partial charge < -0.3 is 43.3 Å². The topological polar surface area (TPSA) is 221 Å². The molecule has 0 unspecified atom stereocenters. The van der Waals surface area contributed by atoms with Crippen LogP contribution in [0.5, 0.6) is 0 Å². The summed E-state index contributed by atoms with van der Waals surface area (Å²) in [6.45, 7) is 13.7. The van der Waals surface area contributed by atoms with Gasteiger partial charge in [0.15, 0.2) is 22.6 Å². The predicted octanol–water partition coefficient (Wildman–Crippen LogP) is 7.33. The highest BCUT2D eigenvalue weighted by atomic mass is 32.5. The molecule has 2 aliphatic heterocycles. The van der Waals surface area contributed by atoms with Crippen LogP contribution in [0.2, 0.25) is 10.1 Å². The van der Waals surface area contributed by atoms with Crippen LogP contribution in [-0.2, 0) is 39.2 Å². The average Bonchev–Trinajstić information content (AvgIpc) is 4.24. The van der Waals surface area contributed by atoms with Gasteiger partial charge >= 0.3 is 6.72 Å². The number of hydrogen-bond acceptors (Lipinski definition) is 15. The first-order valence-electron chi connectivity index (χ1n) is 26.4. The number of ether oxygens (including phenoxy) is 2. The summed E-state index contributed by atoms with van der Waals surface area (Å²) in [5.74, 6) is 0.858. The first-order chi connectivity index (χ1) is 37.3. The Labute approximate surface area is 461 Å². The molecule has 2 saturated heterocycles. The maximum Gasteiger partial charge on any atom is 0.324 e. The lowest BCUT2D eigenvalue weighted by atomic mass is 10.2. The number of hydrogen-bond donors (Lipinski definition) is 4. The van der Waals surface area contributed by atoms with E-state index in [4.69, 9.17) is 49.9 Å². The van der Waals surface area contributed by atoms with Crippen molar-refractivity contribution in [1.29, 1.82) is 0 Å². The van der Waals surface area contributed by atoms with Crippen LogP contribution in [0.3, 0.4) is 0 Å². The summed E-state index contributed by atoms with van der Waals surface area (Å²) >= 11 is 6.00. The number of aromatic nitrogens is 8. The van der Waals surface area contributed by atoms with E-state index < -0.39 is 65.3 Å². The number of fused-ring (bicyclic) bond motifs is 2. The molecule has 8 aromatic rings. The normalized spacial score (nSPS) is 21.2. The molecular weight excluding hydrogens is 1060 g/mol. The van der Waals surface area contributed by atoms with Crippen molar-refractivity contribution >= 4 is 90.0 Å². The average molecular weight is 1130 g/mol. The zero-order valence-corrected chi connectivity index (χ0v) is 48.9. The molecule has 2 aliphatic rings. The first kappa shape index (κ1) is 55.5. The summed E-state index contributed by atoms with van der Waals surface area (Å²) < 4.78 is 45.8. The number of anilines is 2. The molecule has 0 bridgehead atoms. The van der Waals surface area contributed by atoms with Crippen molar-refractivity contribution in [1.82, 2.24) is 39.0 Å². The summed E-state index contributed by atoms with van der Waals surface area (Å²) in [4.78, 5) is 51.2. The Morgan fingerprint density at radius 3 is 1.73 bits per heavy atom.